The highest BCUT2D eigenvalue weighted by Crippen LogP contribution is 2.23. The second-order valence-corrected chi connectivity index (χ2v) is 4.56. The molecule has 0 bridgehead atoms. The highest BCUT2D eigenvalue weighted by Gasteiger charge is 2.13. The van der Waals surface area contributed by atoms with Crippen molar-refractivity contribution >= 4 is 40.8 Å². The summed E-state index contributed by atoms with van der Waals surface area (Å²) in [6.07, 6.45) is 2.21. The van der Waals surface area contributed by atoms with Gasteiger partial charge in [0.2, 0.25) is 0 Å². The van der Waals surface area contributed by atoms with Gasteiger partial charge in [0.15, 0.2) is 0 Å². The number of carbonyl (C=O) groups excluding carboxylic acids is 2. The van der Waals surface area contributed by atoms with Crippen LogP contribution in [0.3, 0.4) is 0 Å². The monoisotopic (exact) mass is 301 g/mol. The van der Waals surface area contributed by atoms with Gasteiger partial charge in [-0.15, -0.1) is 0 Å². The number of hydrogen-bond acceptors (Lipinski definition) is 4. The van der Waals surface area contributed by atoms with Gasteiger partial charge in [-0.1, -0.05) is 36.2 Å². The lowest BCUT2D eigenvalue weighted by molar-refractivity contribution is -0.155. The molecule has 1 aromatic carbocycles. The van der Waals surface area contributed by atoms with Crippen LogP contribution in [0.1, 0.15) is 20.3 Å². The maximum absolute atomic E-state index is 11.7. The summed E-state index contributed by atoms with van der Waals surface area (Å²) in [7, 11) is 0. The molecule has 1 aromatic rings. The van der Waals surface area contributed by atoms with Crippen molar-refractivity contribution in [2.24, 2.45) is 0 Å². The summed E-state index contributed by atoms with van der Waals surface area (Å²) in [5.41, 5.74) is 0.703. The molecule has 0 aliphatic carbocycles. The third-order valence-corrected chi connectivity index (χ3v) is 2.44. The lowest BCUT2D eigenvalue weighted by Gasteiger charge is -2.10. The molecule has 0 saturated heterocycles. The predicted molar refractivity (Wildman–Crippen MR) is 75.2 cm³/mol. The largest absolute Gasteiger partial charge is 0.389 e. The standard InChI is InChI=1S/C13H13Cl2NO3/c1-3-4-12(13(18)19-8(2)17)16-11-6-9(14)5-10(15)7-11/h4-7,16H,3H2,1-2H3. The Bertz CT molecular complexity index is 506. The van der Waals surface area contributed by atoms with Gasteiger partial charge in [-0.05, 0) is 24.6 Å². The molecule has 4 nitrogen and oxygen atoms in total. The van der Waals surface area contributed by atoms with E-state index in [9.17, 15) is 9.59 Å². The molecule has 6 heteroatoms. The molecular weight excluding hydrogens is 289 g/mol. The summed E-state index contributed by atoms with van der Waals surface area (Å²) in [4.78, 5) is 22.5. The lowest BCUT2D eigenvalue weighted by atomic mass is 10.2. The zero-order chi connectivity index (χ0) is 14.4. The zero-order valence-electron chi connectivity index (χ0n) is 10.5. The Morgan fingerprint density at radius 1 is 1.26 bits per heavy atom. The minimum absolute atomic E-state index is 0.163. The van der Waals surface area contributed by atoms with Gasteiger partial charge in [-0.3, -0.25) is 4.79 Å². The summed E-state index contributed by atoms with van der Waals surface area (Å²) in [6.45, 7) is 3.02. The summed E-state index contributed by atoms with van der Waals surface area (Å²) in [6, 6.07) is 4.79. The fraction of sp³-hybridized carbons (Fsp3) is 0.231. The van der Waals surface area contributed by atoms with Crippen molar-refractivity contribution in [2.75, 3.05) is 5.32 Å². The van der Waals surface area contributed by atoms with Crippen molar-refractivity contribution in [2.45, 2.75) is 20.3 Å². The highest BCUT2D eigenvalue weighted by atomic mass is 35.5. The first-order valence-corrected chi connectivity index (χ1v) is 6.34. The fourth-order valence-electron chi connectivity index (χ4n) is 1.36. The first kappa shape index (κ1) is 15.5. The molecule has 0 spiro atoms. The maximum atomic E-state index is 11.7. The van der Waals surface area contributed by atoms with Crippen LogP contribution in [-0.4, -0.2) is 11.9 Å². The van der Waals surface area contributed by atoms with E-state index in [-0.39, 0.29) is 5.70 Å². The second-order valence-electron chi connectivity index (χ2n) is 3.69. The molecule has 102 valence electrons. The van der Waals surface area contributed by atoms with Crippen LogP contribution in [0.5, 0.6) is 0 Å². The third kappa shape index (κ3) is 5.32. The number of hydrogen-bond donors (Lipinski definition) is 1. The molecular formula is C13H13Cl2NO3. The lowest BCUT2D eigenvalue weighted by Crippen LogP contribution is -2.17. The van der Waals surface area contributed by atoms with Crippen LogP contribution in [-0.2, 0) is 14.3 Å². The first-order valence-electron chi connectivity index (χ1n) is 5.58. The number of rotatable bonds is 4. The van der Waals surface area contributed by atoms with E-state index in [0.717, 1.165) is 6.92 Å². The van der Waals surface area contributed by atoms with Crippen LogP contribution < -0.4 is 5.32 Å². The SMILES string of the molecule is CCC=C(Nc1cc(Cl)cc(Cl)c1)C(=O)OC(C)=O. The van der Waals surface area contributed by atoms with Crippen molar-refractivity contribution in [3.05, 3.63) is 40.0 Å². The van der Waals surface area contributed by atoms with Crippen LogP contribution in [0.15, 0.2) is 30.0 Å². The molecule has 0 fully saturated rings. The molecule has 0 aliphatic rings. The summed E-state index contributed by atoms with van der Waals surface area (Å²) in [5, 5.41) is 3.70. The van der Waals surface area contributed by atoms with Crippen molar-refractivity contribution in [3.63, 3.8) is 0 Å². The first-order chi connectivity index (χ1) is 8.92. The Hall–Kier alpha value is -1.52. The van der Waals surface area contributed by atoms with Crippen LogP contribution >= 0.6 is 23.2 Å². The molecule has 0 unspecified atom stereocenters. The van der Waals surface area contributed by atoms with E-state index in [1.165, 1.54) is 0 Å². The molecule has 0 radical (unpaired) electrons. The van der Waals surface area contributed by atoms with Gasteiger partial charge in [-0.2, -0.15) is 0 Å². The van der Waals surface area contributed by atoms with E-state index in [4.69, 9.17) is 23.2 Å². The van der Waals surface area contributed by atoms with Crippen molar-refractivity contribution in [1.82, 2.24) is 0 Å². The summed E-state index contributed by atoms with van der Waals surface area (Å²) >= 11 is 11.7. The van der Waals surface area contributed by atoms with Crippen molar-refractivity contribution in [1.29, 1.82) is 0 Å². The third-order valence-electron chi connectivity index (χ3n) is 2.01. The molecule has 0 atom stereocenters. The van der Waals surface area contributed by atoms with Crippen LogP contribution in [0.4, 0.5) is 5.69 Å². The minimum atomic E-state index is -0.745. The number of anilines is 1. The van der Waals surface area contributed by atoms with Gasteiger partial charge < -0.3 is 10.1 Å². The van der Waals surface area contributed by atoms with E-state index in [1.807, 2.05) is 6.92 Å². The fourth-order valence-corrected chi connectivity index (χ4v) is 1.88. The Morgan fingerprint density at radius 2 is 1.84 bits per heavy atom. The molecule has 0 amide bonds. The van der Waals surface area contributed by atoms with Gasteiger partial charge in [0, 0.05) is 22.7 Å². The average Bonchev–Trinajstić information content (AvgIpc) is 2.26. The number of allylic oxidation sites excluding steroid dienone is 1. The van der Waals surface area contributed by atoms with Gasteiger partial charge >= 0.3 is 11.9 Å². The van der Waals surface area contributed by atoms with Gasteiger partial charge in [-0.25, -0.2) is 4.79 Å². The molecule has 0 heterocycles. The summed E-state index contributed by atoms with van der Waals surface area (Å²) in [5.74, 6) is -1.41. The highest BCUT2D eigenvalue weighted by molar-refractivity contribution is 6.35. The van der Waals surface area contributed by atoms with E-state index in [2.05, 4.69) is 10.1 Å². The maximum Gasteiger partial charge on any atom is 0.362 e. The molecule has 0 aliphatic heterocycles. The van der Waals surface area contributed by atoms with Crippen molar-refractivity contribution in [3.8, 4) is 0 Å². The smallest absolute Gasteiger partial charge is 0.362 e. The molecule has 19 heavy (non-hydrogen) atoms. The number of esters is 2. The summed E-state index contributed by atoms with van der Waals surface area (Å²) < 4.78 is 4.52. The number of benzene rings is 1. The van der Waals surface area contributed by atoms with E-state index in [1.54, 1.807) is 24.3 Å². The molecule has 0 saturated carbocycles. The number of halogens is 2. The topological polar surface area (TPSA) is 55.4 Å². The predicted octanol–water partition coefficient (Wildman–Crippen LogP) is 3.79. The normalized spacial score (nSPS) is 11.1. The van der Waals surface area contributed by atoms with Crippen LogP contribution in [0.25, 0.3) is 0 Å². The van der Waals surface area contributed by atoms with Crippen molar-refractivity contribution < 1.29 is 14.3 Å². The number of carbonyl (C=O) groups is 2. The van der Waals surface area contributed by atoms with Crippen LogP contribution in [0, 0.1) is 0 Å². The van der Waals surface area contributed by atoms with Gasteiger partial charge in [0.1, 0.15) is 5.70 Å². The van der Waals surface area contributed by atoms with Gasteiger partial charge in [0.25, 0.3) is 0 Å². The Kier molecular flexibility index (Phi) is 5.86. The molecule has 1 rings (SSSR count). The Balaban J connectivity index is 2.93. The Labute approximate surface area is 121 Å². The zero-order valence-corrected chi connectivity index (χ0v) is 12.0. The number of nitrogens with one attached hydrogen (secondary N) is 1. The molecule has 0 aromatic heterocycles. The minimum Gasteiger partial charge on any atom is -0.389 e. The number of ether oxygens (including phenoxy) is 1. The van der Waals surface area contributed by atoms with E-state index in [0.29, 0.717) is 22.2 Å². The van der Waals surface area contributed by atoms with E-state index < -0.39 is 11.9 Å². The van der Waals surface area contributed by atoms with E-state index >= 15 is 0 Å². The second kappa shape index (κ2) is 7.16. The average molecular weight is 302 g/mol. The van der Waals surface area contributed by atoms with Gasteiger partial charge in [0.05, 0.1) is 0 Å². The Morgan fingerprint density at radius 3 is 2.32 bits per heavy atom. The van der Waals surface area contributed by atoms with Crippen LogP contribution in [0.2, 0.25) is 10.0 Å². The molecule has 1 N–H and O–H groups in total. The quantitative estimate of drug-likeness (QED) is 0.522.